The summed E-state index contributed by atoms with van der Waals surface area (Å²) in [6.07, 6.45) is 0. The van der Waals surface area contributed by atoms with Crippen molar-refractivity contribution in [1.82, 2.24) is 23.7 Å². The molecule has 0 N–H and O–H groups in total. The summed E-state index contributed by atoms with van der Waals surface area (Å²) in [5.41, 5.74) is 20.2. The minimum absolute atomic E-state index is 0.751. The number of benzene rings is 9. The van der Waals surface area contributed by atoms with Crippen LogP contribution in [0, 0.1) is 27.7 Å². The van der Waals surface area contributed by atoms with Crippen molar-refractivity contribution in [3.05, 3.63) is 223 Å². The fourth-order valence-electron chi connectivity index (χ4n) is 10.8. The van der Waals surface area contributed by atoms with Crippen LogP contribution in [0.3, 0.4) is 0 Å². The largest absolute Gasteiger partial charge is 0.309 e. The third-order valence-corrected chi connectivity index (χ3v) is 13.7. The van der Waals surface area contributed by atoms with Crippen molar-refractivity contribution < 1.29 is 0 Å². The highest BCUT2D eigenvalue weighted by Gasteiger charge is 2.23. The van der Waals surface area contributed by atoms with Gasteiger partial charge in [0.2, 0.25) is 0 Å². The van der Waals surface area contributed by atoms with E-state index in [9.17, 15) is 0 Å². The first kappa shape index (κ1) is 38.9. The Morgan fingerprint density at radius 3 is 1.10 bits per heavy atom. The van der Waals surface area contributed by atoms with Gasteiger partial charge in [0.1, 0.15) is 5.82 Å². The van der Waals surface area contributed by atoms with Crippen molar-refractivity contribution in [2.75, 3.05) is 0 Å². The molecular weight excluding hydrogens is 815 g/mol. The normalized spacial score (nSPS) is 11.9. The molecule has 0 aliphatic carbocycles. The molecule has 5 heteroatoms. The monoisotopic (exact) mass is 859 g/mol. The van der Waals surface area contributed by atoms with Gasteiger partial charge in [0.25, 0.3) is 0 Å². The first-order valence-electron chi connectivity index (χ1n) is 23.1. The number of nitrogens with zero attached hydrogens (tertiary/aromatic N) is 5. The van der Waals surface area contributed by atoms with Crippen LogP contribution in [0.2, 0.25) is 0 Å². The van der Waals surface area contributed by atoms with E-state index in [1.165, 1.54) is 76.5 Å². The number of hydrogen-bond donors (Lipinski definition) is 0. The summed E-state index contributed by atoms with van der Waals surface area (Å²) >= 11 is 0. The first-order valence-corrected chi connectivity index (χ1v) is 23.1. The Bertz CT molecular complexity index is 3760. The zero-order valence-corrected chi connectivity index (χ0v) is 37.8. The van der Waals surface area contributed by atoms with E-state index in [-0.39, 0.29) is 0 Å². The van der Waals surface area contributed by atoms with Crippen LogP contribution < -0.4 is 0 Å². The summed E-state index contributed by atoms with van der Waals surface area (Å²) in [5.74, 6) is 0.751. The molecule has 0 unspecified atom stereocenters. The Labute approximate surface area is 388 Å². The molecule has 0 spiro atoms. The molecule has 0 amide bonds. The van der Waals surface area contributed by atoms with Crippen LogP contribution in [0.5, 0.6) is 0 Å². The fourth-order valence-corrected chi connectivity index (χ4v) is 10.8. The molecule has 0 aliphatic rings. The summed E-state index contributed by atoms with van der Waals surface area (Å²) < 4.78 is 7.29. The van der Waals surface area contributed by atoms with Crippen LogP contribution in [0.1, 0.15) is 22.6 Å². The molecule has 5 nitrogen and oxygen atoms in total. The Morgan fingerprint density at radius 2 is 0.701 bits per heavy atom. The Morgan fingerprint density at radius 1 is 0.313 bits per heavy atom. The third-order valence-electron chi connectivity index (χ3n) is 13.7. The molecule has 4 heterocycles. The van der Waals surface area contributed by atoms with Crippen LogP contribution in [0.4, 0.5) is 0 Å². The Balaban J connectivity index is 1.10. The predicted molar refractivity (Wildman–Crippen MR) is 280 cm³/mol. The maximum absolute atomic E-state index is 5.07. The van der Waals surface area contributed by atoms with Gasteiger partial charge in [0.15, 0.2) is 0 Å². The van der Waals surface area contributed by atoms with Gasteiger partial charge in [-0.1, -0.05) is 120 Å². The van der Waals surface area contributed by atoms with Crippen molar-refractivity contribution in [3.63, 3.8) is 0 Å². The average molecular weight is 860 g/mol. The third kappa shape index (κ3) is 6.15. The van der Waals surface area contributed by atoms with E-state index in [1.807, 2.05) is 6.92 Å². The van der Waals surface area contributed by atoms with Crippen molar-refractivity contribution in [2.45, 2.75) is 27.7 Å². The van der Waals surface area contributed by atoms with Gasteiger partial charge < -0.3 is 13.7 Å². The van der Waals surface area contributed by atoms with Crippen molar-refractivity contribution >= 4 is 65.4 Å². The van der Waals surface area contributed by atoms with Gasteiger partial charge in [0.05, 0.1) is 44.5 Å². The molecular formula is C62H45N5. The molecule has 13 aromatic rings. The second-order valence-electron chi connectivity index (χ2n) is 18.1. The quantitative estimate of drug-likeness (QED) is 0.167. The molecule has 0 aliphatic heterocycles. The minimum Gasteiger partial charge on any atom is -0.309 e. The number of aryl methyl sites for hydroxylation is 4. The smallest absolute Gasteiger partial charge is 0.126 e. The van der Waals surface area contributed by atoms with Crippen molar-refractivity contribution in [2.24, 2.45) is 0 Å². The van der Waals surface area contributed by atoms with Crippen LogP contribution in [-0.2, 0) is 0 Å². The van der Waals surface area contributed by atoms with E-state index in [4.69, 9.17) is 9.97 Å². The molecule has 318 valence electrons. The van der Waals surface area contributed by atoms with E-state index < -0.39 is 0 Å². The SMILES string of the molecule is Cc1ccc2c(c1)c1cc(C)ccc1n2-c1c(-c2ccc(-n3c4ccccc4c4ccccc43)cc2)cc(-c2cc(C)nc(C)n2)cc1-c1ccc(-n2c3ccccc3c3ccccc32)cc1. The second-order valence-corrected chi connectivity index (χ2v) is 18.1. The van der Waals surface area contributed by atoms with Gasteiger partial charge >= 0.3 is 0 Å². The highest BCUT2D eigenvalue weighted by molar-refractivity contribution is 6.12. The van der Waals surface area contributed by atoms with Gasteiger partial charge in [-0.3, -0.25) is 0 Å². The van der Waals surface area contributed by atoms with Crippen LogP contribution in [0.15, 0.2) is 200 Å². The molecule has 0 saturated carbocycles. The number of aromatic nitrogens is 5. The number of rotatable bonds is 6. The predicted octanol–water partition coefficient (Wildman–Crippen LogP) is 16.0. The fraction of sp³-hybridized carbons (Fsp3) is 0.0645. The van der Waals surface area contributed by atoms with Crippen molar-refractivity contribution in [1.29, 1.82) is 0 Å². The maximum Gasteiger partial charge on any atom is 0.126 e. The van der Waals surface area contributed by atoms with Crippen LogP contribution >= 0.6 is 0 Å². The molecule has 9 aromatic carbocycles. The van der Waals surface area contributed by atoms with Gasteiger partial charge in [0, 0.05) is 66.1 Å². The zero-order chi connectivity index (χ0) is 44.9. The standard InChI is InChI=1S/C62H45N5/c1-38-21-31-60-53(33-38)54-34-39(2)22-32-61(54)67(60)62-51(42-23-27-45(28-24-42)65-56-17-9-5-13-47(56)48-14-6-10-18-57(48)65)36-44(55-35-40(3)63-41(4)64-55)37-52(62)43-25-29-46(30-26-43)66-58-19-11-7-15-49(58)50-16-8-12-20-59(50)66/h5-37H,1-4H3. The molecule has 0 saturated heterocycles. The number of fused-ring (bicyclic) bond motifs is 9. The lowest BCUT2D eigenvalue weighted by molar-refractivity contribution is 1.02. The lowest BCUT2D eigenvalue weighted by atomic mass is 9.91. The Kier molecular flexibility index (Phi) is 8.71. The van der Waals surface area contributed by atoms with E-state index in [2.05, 4.69) is 235 Å². The van der Waals surface area contributed by atoms with E-state index >= 15 is 0 Å². The lowest BCUT2D eigenvalue weighted by Crippen LogP contribution is -2.03. The zero-order valence-electron chi connectivity index (χ0n) is 37.8. The molecule has 13 rings (SSSR count). The summed E-state index contributed by atoms with van der Waals surface area (Å²) in [5, 5.41) is 7.48. The van der Waals surface area contributed by atoms with Gasteiger partial charge in [-0.2, -0.15) is 0 Å². The van der Waals surface area contributed by atoms with Gasteiger partial charge in [-0.05, 0) is 130 Å². The number of para-hydroxylation sites is 4. The van der Waals surface area contributed by atoms with Crippen molar-refractivity contribution in [3.8, 4) is 50.6 Å². The molecule has 67 heavy (non-hydrogen) atoms. The summed E-state index contributed by atoms with van der Waals surface area (Å²) in [4.78, 5) is 9.77. The summed E-state index contributed by atoms with van der Waals surface area (Å²) in [6.45, 7) is 8.41. The van der Waals surface area contributed by atoms with Gasteiger partial charge in [-0.15, -0.1) is 0 Å². The molecule has 0 atom stereocenters. The topological polar surface area (TPSA) is 40.6 Å². The summed E-state index contributed by atoms with van der Waals surface area (Å²) in [7, 11) is 0. The Hall–Kier alpha value is -8.54. The highest BCUT2D eigenvalue weighted by atomic mass is 15.0. The molecule has 0 radical (unpaired) electrons. The maximum atomic E-state index is 5.07. The number of hydrogen-bond acceptors (Lipinski definition) is 2. The lowest BCUT2D eigenvalue weighted by Gasteiger charge is -2.22. The first-order chi connectivity index (χ1) is 32.9. The van der Waals surface area contributed by atoms with Crippen LogP contribution in [0.25, 0.3) is 116 Å². The second kappa shape index (κ2) is 15.0. The molecule has 4 aromatic heterocycles. The van der Waals surface area contributed by atoms with E-state index in [0.717, 1.165) is 62.1 Å². The minimum atomic E-state index is 0.751. The summed E-state index contributed by atoms with van der Waals surface area (Å²) in [6, 6.07) is 73.7. The van der Waals surface area contributed by atoms with E-state index in [0.29, 0.717) is 0 Å². The highest BCUT2D eigenvalue weighted by Crippen LogP contribution is 2.45. The van der Waals surface area contributed by atoms with E-state index in [1.54, 1.807) is 0 Å². The van der Waals surface area contributed by atoms with Crippen LogP contribution in [-0.4, -0.2) is 23.7 Å². The van der Waals surface area contributed by atoms with Gasteiger partial charge in [-0.25, -0.2) is 9.97 Å². The molecule has 0 bridgehead atoms. The average Bonchev–Trinajstić information content (AvgIpc) is 3.99. The molecule has 0 fully saturated rings.